The lowest BCUT2D eigenvalue weighted by molar-refractivity contribution is 0.0658. The molecule has 1 N–H and O–H groups in total. The molecule has 1 aromatic heterocycles. The van der Waals surface area contributed by atoms with Crippen molar-refractivity contribution in [3.8, 4) is 0 Å². The third-order valence-corrected chi connectivity index (χ3v) is 4.32. The number of hydrogen-bond donors (Lipinski definition) is 1. The minimum atomic E-state index is -0.0423. The van der Waals surface area contributed by atoms with Gasteiger partial charge in [0.25, 0.3) is 5.91 Å². The normalized spacial score (nSPS) is 15.5. The average Bonchev–Trinajstić information content (AvgIpc) is 2.57. The van der Waals surface area contributed by atoms with Crippen LogP contribution in [0.15, 0.2) is 41.1 Å². The number of likely N-dealkylation sites (N-methyl/N-ethyl adjacent to an activating group) is 1. The molecule has 1 aliphatic heterocycles. The molecule has 0 unspecified atom stereocenters. The van der Waals surface area contributed by atoms with E-state index in [2.05, 4.69) is 43.2 Å². The molecule has 1 amide bonds. The van der Waals surface area contributed by atoms with Gasteiger partial charge in [-0.3, -0.25) is 4.79 Å². The topological polar surface area (TPSA) is 61.4 Å². The first-order chi connectivity index (χ1) is 11.1. The molecule has 0 bridgehead atoms. The fraction of sp³-hybridized carbons (Fsp3) is 0.312. The van der Waals surface area contributed by atoms with Gasteiger partial charge in [-0.1, -0.05) is 15.9 Å². The zero-order chi connectivity index (χ0) is 16.2. The van der Waals surface area contributed by atoms with Crippen LogP contribution in [0.1, 0.15) is 10.5 Å². The summed E-state index contributed by atoms with van der Waals surface area (Å²) in [5.41, 5.74) is 1.33. The summed E-state index contributed by atoms with van der Waals surface area (Å²) in [6.45, 7) is 3.24. The summed E-state index contributed by atoms with van der Waals surface area (Å²) in [6.07, 6.45) is 1.42. The number of carbonyl (C=O) groups is 1. The number of nitrogens with zero attached hydrogens (tertiary/aromatic N) is 4. The van der Waals surface area contributed by atoms with Crippen molar-refractivity contribution in [2.24, 2.45) is 0 Å². The second-order valence-corrected chi connectivity index (χ2v) is 6.43. The second-order valence-electron chi connectivity index (χ2n) is 5.52. The van der Waals surface area contributed by atoms with Crippen molar-refractivity contribution in [2.45, 2.75) is 0 Å². The smallest absolute Gasteiger partial charge is 0.272 e. The van der Waals surface area contributed by atoms with Crippen LogP contribution in [0.25, 0.3) is 0 Å². The molecule has 0 spiro atoms. The van der Waals surface area contributed by atoms with E-state index in [1.165, 1.54) is 6.33 Å². The van der Waals surface area contributed by atoms with Crippen LogP contribution in [0.5, 0.6) is 0 Å². The number of aromatic nitrogens is 2. The highest BCUT2D eigenvalue weighted by molar-refractivity contribution is 9.10. The maximum absolute atomic E-state index is 12.5. The third-order valence-electron chi connectivity index (χ3n) is 3.79. The lowest BCUT2D eigenvalue weighted by Gasteiger charge is -2.32. The largest absolute Gasteiger partial charge is 0.340 e. The van der Waals surface area contributed by atoms with Gasteiger partial charge in [0.2, 0.25) is 0 Å². The Kier molecular flexibility index (Phi) is 4.88. The Balaban J connectivity index is 1.71. The molecular weight excluding hydrogens is 358 g/mol. The quantitative estimate of drug-likeness (QED) is 0.891. The standard InChI is InChI=1S/C16H18BrN5O/c1-21-6-8-22(9-7-21)16(23)14-10-15(19-11-18-14)20-13-4-2-12(17)3-5-13/h2-5,10-11H,6-9H2,1H3,(H,18,19,20). The molecule has 0 saturated carbocycles. The van der Waals surface area contributed by atoms with Crippen molar-refractivity contribution in [2.75, 3.05) is 38.5 Å². The van der Waals surface area contributed by atoms with Crippen molar-refractivity contribution in [1.29, 1.82) is 0 Å². The van der Waals surface area contributed by atoms with Gasteiger partial charge in [0.05, 0.1) is 0 Å². The highest BCUT2D eigenvalue weighted by Gasteiger charge is 2.21. The van der Waals surface area contributed by atoms with Gasteiger partial charge >= 0.3 is 0 Å². The molecule has 2 heterocycles. The minimum Gasteiger partial charge on any atom is -0.340 e. The fourth-order valence-electron chi connectivity index (χ4n) is 2.40. The molecule has 0 atom stereocenters. The maximum Gasteiger partial charge on any atom is 0.272 e. The van der Waals surface area contributed by atoms with Crippen LogP contribution in [0.2, 0.25) is 0 Å². The molecule has 2 aromatic rings. The van der Waals surface area contributed by atoms with E-state index in [-0.39, 0.29) is 5.91 Å². The first kappa shape index (κ1) is 15.9. The summed E-state index contributed by atoms with van der Waals surface area (Å²) in [4.78, 5) is 24.9. The predicted octanol–water partition coefficient (Wildman–Crippen LogP) is 2.37. The van der Waals surface area contributed by atoms with Crippen LogP contribution < -0.4 is 5.32 Å². The van der Waals surface area contributed by atoms with Crippen LogP contribution in [0, 0.1) is 0 Å². The number of piperazine rings is 1. The van der Waals surface area contributed by atoms with Gasteiger partial charge in [-0.05, 0) is 31.3 Å². The Hall–Kier alpha value is -1.99. The number of anilines is 2. The second kappa shape index (κ2) is 7.06. The monoisotopic (exact) mass is 375 g/mol. The third kappa shape index (κ3) is 4.05. The molecule has 0 aliphatic carbocycles. The molecule has 23 heavy (non-hydrogen) atoms. The van der Waals surface area contributed by atoms with Crippen LogP contribution >= 0.6 is 15.9 Å². The summed E-state index contributed by atoms with van der Waals surface area (Å²) in [5.74, 6) is 0.569. The SMILES string of the molecule is CN1CCN(C(=O)c2cc(Nc3ccc(Br)cc3)ncn2)CC1. The van der Waals surface area contributed by atoms with E-state index >= 15 is 0 Å². The molecule has 6 nitrogen and oxygen atoms in total. The van der Waals surface area contributed by atoms with Crippen LogP contribution in [0.4, 0.5) is 11.5 Å². The van der Waals surface area contributed by atoms with Crippen LogP contribution in [0.3, 0.4) is 0 Å². The highest BCUT2D eigenvalue weighted by atomic mass is 79.9. The molecular formula is C16H18BrN5O. The first-order valence-electron chi connectivity index (χ1n) is 7.44. The highest BCUT2D eigenvalue weighted by Crippen LogP contribution is 2.18. The summed E-state index contributed by atoms with van der Waals surface area (Å²) in [7, 11) is 2.06. The molecule has 7 heteroatoms. The first-order valence-corrected chi connectivity index (χ1v) is 8.23. The number of nitrogens with one attached hydrogen (secondary N) is 1. The van der Waals surface area contributed by atoms with Crippen molar-refractivity contribution < 1.29 is 4.79 Å². The zero-order valence-electron chi connectivity index (χ0n) is 12.9. The molecule has 1 fully saturated rings. The molecule has 1 aliphatic rings. The van der Waals surface area contributed by atoms with Gasteiger partial charge in [-0.15, -0.1) is 0 Å². The van der Waals surface area contributed by atoms with Crippen molar-refractivity contribution in [3.63, 3.8) is 0 Å². The van der Waals surface area contributed by atoms with Gasteiger partial charge in [0, 0.05) is 42.4 Å². The number of halogens is 1. The van der Waals surface area contributed by atoms with Crippen molar-refractivity contribution in [3.05, 3.63) is 46.8 Å². The van der Waals surface area contributed by atoms with E-state index in [4.69, 9.17) is 0 Å². The van der Waals surface area contributed by atoms with Gasteiger partial charge in [-0.2, -0.15) is 0 Å². The minimum absolute atomic E-state index is 0.0423. The van der Waals surface area contributed by atoms with E-state index in [1.54, 1.807) is 6.07 Å². The van der Waals surface area contributed by atoms with Crippen molar-refractivity contribution in [1.82, 2.24) is 19.8 Å². The average molecular weight is 376 g/mol. The molecule has 3 rings (SSSR count). The van der Waals surface area contributed by atoms with Crippen LogP contribution in [-0.2, 0) is 0 Å². The van der Waals surface area contributed by atoms with E-state index in [0.717, 1.165) is 36.3 Å². The Morgan fingerprint density at radius 3 is 2.52 bits per heavy atom. The Labute approximate surface area is 143 Å². The zero-order valence-corrected chi connectivity index (χ0v) is 14.5. The van der Waals surface area contributed by atoms with E-state index in [9.17, 15) is 4.79 Å². The number of carbonyl (C=O) groups excluding carboxylic acids is 1. The van der Waals surface area contributed by atoms with Gasteiger partial charge in [0.1, 0.15) is 17.8 Å². The molecule has 120 valence electrons. The summed E-state index contributed by atoms with van der Waals surface area (Å²) < 4.78 is 1.01. The van der Waals surface area contributed by atoms with Crippen molar-refractivity contribution >= 4 is 33.3 Å². The molecule has 1 saturated heterocycles. The Morgan fingerprint density at radius 1 is 1.13 bits per heavy atom. The van der Waals surface area contributed by atoms with E-state index in [1.807, 2.05) is 29.2 Å². The van der Waals surface area contributed by atoms with Gasteiger partial charge < -0.3 is 15.1 Å². The Bertz CT molecular complexity index is 683. The summed E-state index contributed by atoms with van der Waals surface area (Å²) in [5, 5.41) is 3.19. The summed E-state index contributed by atoms with van der Waals surface area (Å²) in [6, 6.07) is 9.46. The predicted molar refractivity (Wildman–Crippen MR) is 92.9 cm³/mol. The van der Waals surface area contributed by atoms with Crippen LogP contribution in [-0.4, -0.2) is 58.9 Å². The molecule has 0 radical (unpaired) electrons. The lowest BCUT2D eigenvalue weighted by Crippen LogP contribution is -2.47. The maximum atomic E-state index is 12.5. The van der Waals surface area contributed by atoms with E-state index in [0.29, 0.717) is 11.5 Å². The number of rotatable bonds is 3. The van der Waals surface area contributed by atoms with E-state index < -0.39 is 0 Å². The molecule has 1 aromatic carbocycles. The fourth-order valence-corrected chi connectivity index (χ4v) is 2.66. The lowest BCUT2D eigenvalue weighted by atomic mass is 10.2. The Morgan fingerprint density at radius 2 is 1.83 bits per heavy atom. The number of amides is 1. The van der Waals surface area contributed by atoms with Gasteiger partial charge in [-0.25, -0.2) is 9.97 Å². The number of benzene rings is 1. The van der Waals surface area contributed by atoms with Gasteiger partial charge in [0.15, 0.2) is 0 Å². The summed E-state index contributed by atoms with van der Waals surface area (Å²) >= 11 is 3.40. The number of hydrogen-bond acceptors (Lipinski definition) is 5.